The van der Waals surface area contributed by atoms with Crippen molar-refractivity contribution in [2.75, 3.05) is 0 Å². The van der Waals surface area contributed by atoms with Gasteiger partial charge < -0.3 is 14.8 Å². The summed E-state index contributed by atoms with van der Waals surface area (Å²) < 4.78 is 5.24. The van der Waals surface area contributed by atoms with E-state index in [9.17, 15) is 9.90 Å². The fourth-order valence-electron chi connectivity index (χ4n) is 1.87. The summed E-state index contributed by atoms with van der Waals surface area (Å²) >= 11 is 5.95. The summed E-state index contributed by atoms with van der Waals surface area (Å²) in [6, 6.07) is 8.02. The van der Waals surface area contributed by atoms with Gasteiger partial charge in [-0.2, -0.15) is 0 Å². The van der Waals surface area contributed by atoms with E-state index in [1.165, 1.54) is 18.2 Å². The third kappa shape index (κ3) is 3.78. The molecule has 1 heterocycles. The van der Waals surface area contributed by atoms with Crippen LogP contribution < -0.4 is 5.32 Å². The molecule has 1 atom stereocenters. The molecule has 2 aromatic rings. The van der Waals surface area contributed by atoms with Gasteiger partial charge in [-0.3, -0.25) is 4.79 Å². The smallest absolute Gasteiger partial charge is 0.253 e. The molecule has 0 bridgehead atoms. The Hall–Kier alpha value is -1.94. The average molecular weight is 294 g/mol. The van der Waals surface area contributed by atoms with Crippen molar-refractivity contribution in [1.82, 2.24) is 5.32 Å². The van der Waals surface area contributed by atoms with Crippen LogP contribution in [0.1, 0.15) is 29.5 Å². The molecule has 1 amide bonds. The van der Waals surface area contributed by atoms with Gasteiger partial charge in [-0.25, -0.2) is 0 Å². The van der Waals surface area contributed by atoms with Crippen molar-refractivity contribution >= 4 is 17.5 Å². The molecule has 0 aliphatic heterocycles. The molecule has 2 rings (SSSR count). The molecular weight excluding hydrogens is 278 g/mol. The van der Waals surface area contributed by atoms with E-state index in [-0.39, 0.29) is 23.3 Å². The molecule has 1 unspecified atom stereocenters. The van der Waals surface area contributed by atoms with Crippen LogP contribution in [-0.2, 0) is 6.42 Å². The fraction of sp³-hybridized carbons (Fsp3) is 0.267. The van der Waals surface area contributed by atoms with Gasteiger partial charge in [-0.05, 0) is 43.7 Å². The quantitative estimate of drug-likeness (QED) is 0.888. The zero-order valence-corrected chi connectivity index (χ0v) is 11.9. The van der Waals surface area contributed by atoms with Gasteiger partial charge in [0, 0.05) is 12.5 Å². The number of nitrogens with one attached hydrogen (secondary N) is 1. The number of rotatable bonds is 5. The number of halogens is 1. The van der Waals surface area contributed by atoms with Crippen LogP contribution in [0, 0.1) is 0 Å². The number of amides is 1. The number of carbonyl (C=O) groups is 1. The second-order valence-corrected chi connectivity index (χ2v) is 5.06. The Kier molecular flexibility index (Phi) is 4.69. The molecule has 0 spiro atoms. The molecule has 0 saturated carbocycles. The van der Waals surface area contributed by atoms with E-state index >= 15 is 0 Å². The van der Waals surface area contributed by atoms with Crippen molar-refractivity contribution in [3.8, 4) is 5.75 Å². The van der Waals surface area contributed by atoms with Crippen LogP contribution >= 0.6 is 11.6 Å². The Balaban J connectivity index is 1.91. The molecule has 0 fully saturated rings. The molecule has 0 radical (unpaired) electrons. The highest BCUT2D eigenvalue weighted by Gasteiger charge is 2.14. The first kappa shape index (κ1) is 14.5. The molecule has 0 saturated heterocycles. The summed E-state index contributed by atoms with van der Waals surface area (Å²) in [4.78, 5) is 12.1. The Labute approximate surface area is 122 Å². The first-order valence-electron chi connectivity index (χ1n) is 6.38. The lowest BCUT2D eigenvalue weighted by molar-refractivity contribution is 0.0938. The second-order valence-electron chi connectivity index (χ2n) is 4.66. The van der Waals surface area contributed by atoms with Gasteiger partial charge in [0.25, 0.3) is 5.91 Å². The third-order valence-electron chi connectivity index (χ3n) is 2.98. The van der Waals surface area contributed by atoms with Crippen LogP contribution in [0.5, 0.6) is 5.75 Å². The summed E-state index contributed by atoms with van der Waals surface area (Å²) in [5.41, 5.74) is 0.275. The monoisotopic (exact) mass is 293 g/mol. The first-order chi connectivity index (χ1) is 9.56. The van der Waals surface area contributed by atoms with E-state index in [1.54, 1.807) is 6.26 Å². The Morgan fingerprint density at radius 1 is 1.45 bits per heavy atom. The first-order valence-corrected chi connectivity index (χ1v) is 6.76. The Morgan fingerprint density at radius 2 is 2.25 bits per heavy atom. The molecule has 2 N–H and O–H groups in total. The van der Waals surface area contributed by atoms with Crippen LogP contribution in [0.4, 0.5) is 0 Å². The zero-order valence-electron chi connectivity index (χ0n) is 11.1. The number of aryl methyl sites for hydroxylation is 1. The van der Waals surface area contributed by atoms with Gasteiger partial charge in [-0.15, -0.1) is 0 Å². The molecule has 1 aromatic carbocycles. The van der Waals surface area contributed by atoms with Crippen molar-refractivity contribution in [2.45, 2.75) is 25.8 Å². The highest BCUT2D eigenvalue weighted by molar-refractivity contribution is 6.33. The summed E-state index contributed by atoms with van der Waals surface area (Å²) in [5, 5.41) is 12.6. The molecule has 106 valence electrons. The number of furan rings is 1. The van der Waals surface area contributed by atoms with Gasteiger partial charge in [0.05, 0.1) is 16.8 Å². The Morgan fingerprint density at radius 3 is 2.95 bits per heavy atom. The molecule has 1 aromatic heterocycles. The number of aromatic hydroxyl groups is 1. The van der Waals surface area contributed by atoms with Crippen LogP contribution in [0.25, 0.3) is 0 Å². The standard InChI is InChI=1S/C15H16ClNO3/c1-10(4-6-12-3-2-8-20-12)17-15(19)13-9-11(18)5-7-14(13)16/h2-3,5,7-10,18H,4,6H2,1H3,(H,17,19). The lowest BCUT2D eigenvalue weighted by atomic mass is 10.1. The highest BCUT2D eigenvalue weighted by Crippen LogP contribution is 2.21. The molecule has 5 heteroatoms. The maximum absolute atomic E-state index is 12.1. The van der Waals surface area contributed by atoms with E-state index in [1.807, 2.05) is 19.1 Å². The van der Waals surface area contributed by atoms with Gasteiger partial charge >= 0.3 is 0 Å². The van der Waals surface area contributed by atoms with Crippen molar-refractivity contribution in [2.24, 2.45) is 0 Å². The van der Waals surface area contributed by atoms with E-state index in [0.717, 1.165) is 18.6 Å². The molecule has 0 aliphatic carbocycles. The lowest BCUT2D eigenvalue weighted by Gasteiger charge is -2.14. The van der Waals surface area contributed by atoms with E-state index in [2.05, 4.69) is 5.32 Å². The van der Waals surface area contributed by atoms with E-state index in [4.69, 9.17) is 16.0 Å². The second kappa shape index (κ2) is 6.48. The van der Waals surface area contributed by atoms with Gasteiger partial charge in [0.15, 0.2) is 0 Å². The van der Waals surface area contributed by atoms with Crippen LogP contribution in [0.3, 0.4) is 0 Å². The number of hydrogen-bond acceptors (Lipinski definition) is 3. The van der Waals surface area contributed by atoms with E-state index < -0.39 is 0 Å². The normalized spacial score (nSPS) is 12.1. The van der Waals surface area contributed by atoms with Gasteiger partial charge in [0.1, 0.15) is 11.5 Å². The topological polar surface area (TPSA) is 62.5 Å². The van der Waals surface area contributed by atoms with Gasteiger partial charge in [-0.1, -0.05) is 11.6 Å². The summed E-state index contributed by atoms with van der Waals surface area (Å²) in [6.45, 7) is 1.91. The van der Waals surface area contributed by atoms with E-state index in [0.29, 0.717) is 5.02 Å². The minimum atomic E-state index is -0.294. The van der Waals surface area contributed by atoms with Crippen LogP contribution in [0.2, 0.25) is 5.02 Å². The molecule has 20 heavy (non-hydrogen) atoms. The maximum Gasteiger partial charge on any atom is 0.253 e. The lowest BCUT2D eigenvalue weighted by Crippen LogP contribution is -2.33. The minimum Gasteiger partial charge on any atom is -0.508 e. The summed E-state index contributed by atoms with van der Waals surface area (Å²) in [5.74, 6) is 0.613. The molecule has 4 nitrogen and oxygen atoms in total. The average Bonchev–Trinajstić information content (AvgIpc) is 2.92. The molecular formula is C15H16ClNO3. The van der Waals surface area contributed by atoms with Crippen LogP contribution in [-0.4, -0.2) is 17.1 Å². The Bertz CT molecular complexity index is 581. The number of phenolic OH excluding ortho intramolecular Hbond substituents is 1. The number of carbonyl (C=O) groups excluding carboxylic acids is 1. The number of hydrogen-bond donors (Lipinski definition) is 2. The maximum atomic E-state index is 12.1. The SMILES string of the molecule is CC(CCc1ccco1)NC(=O)c1cc(O)ccc1Cl. The zero-order chi connectivity index (χ0) is 14.5. The fourth-order valence-corrected chi connectivity index (χ4v) is 2.08. The van der Waals surface area contributed by atoms with Crippen molar-refractivity contribution < 1.29 is 14.3 Å². The van der Waals surface area contributed by atoms with Crippen LogP contribution in [0.15, 0.2) is 41.0 Å². The van der Waals surface area contributed by atoms with Crippen molar-refractivity contribution in [3.05, 3.63) is 52.9 Å². The van der Waals surface area contributed by atoms with Gasteiger partial charge in [0.2, 0.25) is 0 Å². The summed E-state index contributed by atoms with van der Waals surface area (Å²) in [6.07, 6.45) is 3.14. The largest absolute Gasteiger partial charge is 0.508 e. The minimum absolute atomic E-state index is 0.0165. The third-order valence-corrected chi connectivity index (χ3v) is 3.31. The van der Waals surface area contributed by atoms with Crippen molar-refractivity contribution in [3.63, 3.8) is 0 Å². The highest BCUT2D eigenvalue weighted by atomic mass is 35.5. The van der Waals surface area contributed by atoms with Crippen molar-refractivity contribution in [1.29, 1.82) is 0 Å². The predicted molar refractivity (Wildman–Crippen MR) is 77.1 cm³/mol. The predicted octanol–water partition coefficient (Wildman–Crippen LogP) is 3.39. The molecule has 0 aliphatic rings. The number of phenols is 1. The summed E-state index contributed by atoms with van der Waals surface area (Å²) in [7, 11) is 0. The number of benzene rings is 1.